The summed E-state index contributed by atoms with van der Waals surface area (Å²) in [5, 5.41) is 3.47. The summed E-state index contributed by atoms with van der Waals surface area (Å²) in [5.74, 6) is 0.445. The number of aryl methyl sites for hydroxylation is 1. The zero-order chi connectivity index (χ0) is 12.3. The quantitative estimate of drug-likeness (QED) is 0.838. The molecule has 0 spiro atoms. The van der Waals surface area contributed by atoms with Crippen LogP contribution in [0.25, 0.3) is 0 Å². The second-order valence-electron chi connectivity index (χ2n) is 4.93. The molecule has 0 unspecified atom stereocenters. The molecule has 3 nitrogen and oxygen atoms in total. The van der Waals surface area contributed by atoms with Crippen LogP contribution in [-0.2, 0) is 0 Å². The molecule has 1 saturated carbocycles. The van der Waals surface area contributed by atoms with Gasteiger partial charge >= 0.3 is 0 Å². The van der Waals surface area contributed by atoms with E-state index in [9.17, 15) is 4.79 Å². The van der Waals surface area contributed by atoms with Crippen LogP contribution in [0, 0.1) is 12.8 Å². The predicted octanol–water partition coefficient (Wildman–Crippen LogP) is 2.70. The van der Waals surface area contributed by atoms with Crippen molar-refractivity contribution in [3.8, 4) is 0 Å². The van der Waals surface area contributed by atoms with Crippen molar-refractivity contribution in [2.24, 2.45) is 11.7 Å². The van der Waals surface area contributed by atoms with Gasteiger partial charge in [0.05, 0.1) is 0 Å². The van der Waals surface area contributed by atoms with E-state index in [1.807, 2.05) is 19.1 Å². The molecule has 0 heterocycles. The Labute approximate surface area is 102 Å². The summed E-state index contributed by atoms with van der Waals surface area (Å²) in [4.78, 5) is 11.0. The molecule has 0 atom stereocenters. The normalized spacial score (nSPS) is 16.1. The monoisotopic (exact) mass is 232 g/mol. The second kappa shape index (κ2) is 5.21. The fourth-order valence-corrected chi connectivity index (χ4v) is 2.48. The van der Waals surface area contributed by atoms with Crippen LogP contribution in [0.2, 0.25) is 0 Å². The molecular formula is C14H20N2O. The minimum atomic E-state index is -0.365. The van der Waals surface area contributed by atoms with Crippen LogP contribution in [-0.4, -0.2) is 12.5 Å². The van der Waals surface area contributed by atoms with Gasteiger partial charge < -0.3 is 11.1 Å². The van der Waals surface area contributed by atoms with Crippen molar-refractivity contribution < 1.29 is 4.79 Å². The summed E-state index contributed by atoms with van der Waals surface area (Å²) in [7, 11) is 0. The van der Waals surface area contributed by atoms with Crippen molar-refractivity contribution >= 4 is 11.6 Å². The molecule has 0 bridgehead atoms. The molecule has 1 aromatic carbocycles. The summed E-state index contributed by atoms with van der Waals surface area (Å²) >= 11 is 0. The standard InChI is InChI=1S/C14H20N2O/c1-10-8-12(14(15)17)6-7-13(10)16-9-11-4-2-3-5-11/h6-8,11,16H,2-5,9H2,1H3,(H2,15,17). The number of hydrogen-bond donors (Lipinski definition) is 2. The van der Waals surface area contributed by atoms with Crippen LogP contribution in [0.4, 0.5) is 5.69 Å². The maximum absolute atomic E-state index is 11.0. The highest BCUT2D eigenvalue weighted by Gasteiger charge is 2.14. The fourth-order valence-electron chi connectivity index (χ4n) is 2.48. The highest BCUT2D eigenvalue weighted by molar-refractivity contribution is 5.93. The lowest BCUT2D eigenvalue weighted by atomic mass is 10.1. The van der Waals surface area contributed by atoms with Gasteiger partial charge in [-0.1, -0.05) is 12.8 Å². The Morgan fingerprint density at radius 1 is 1.41 bits per heavy atom. The molecule has 1 aliphatic rings. The van der Waals surface area contributed by atoms with Crippen molar-refractivity contribution in [1.29, 1.82) is 0 Å². The third-order valence-corrected chi connectivity index (χ3v) is 3.57. The van der Waals surface area contributed by atoms with Gasteiger partial charge in [0.25, 0.3) is 0 Å². The molecule has 92 valence electrons. The molecule has 1 aromatic rings. The van der Waals surface area contributed by atoms with Crippen LogP contribution >= 0.6 is 0 Å². The van der Waals surface area contributed by atoms with Gasteiger partial charge in [0.1, 0.15) is 0 Å². The number of nitrogens with one attached hydrogen (secondary N) is 1. The zero-order valence-corrected chi connectivity index (χ0v) is 10.3. The van der Waals surface area contributed by atoms with E-state index in [1.54, 1.807) is 6.07 Å². The lowest BCUT2D eigenvalue weighted by Crippen LogP contribution is -2.13. The second-order valence-corrected chi connectivity index (χ2v) is 4.93. The first-order valence-corrected chi connectivity index (χ1v) is 6.31. The van der Waals surface area contributed by atoms with Crippen molar-refractivity contribution in [3.05, 3.63) is 29.3 Å². The van der Waals surface area contributed by atoms with E-state index in [4.69, 9.17) is 5.73 Å². The number of nitrogens with two attached hydrogens (primary N) is 1. The van der Waals surface area contributed by atoms with Gasteiger partial charge in [-0.3, -0.25) is 4.79 Å². The zero-order valence-electron chi connectivity index (χ0n) is 10.3. The molecule has 0 aromatic heterocycles. The molecule has 0 aliphatic heterocycles. The molecular weight excluding hydrogens is 212 g/mol. The fraction of sp³-hybridized carbons (Fsp3) is 0.500. The molecule has 1 aliphatic carbocycles. The molecule has 2 rings (SSSR count). The SMILES string of the molecule is Cc1cc(C(N)=O)ccc1NCC1CCCC1. The van der Waals surface area contributed by atoms with Crippen molar-refractivity contribution in [2.75, 3.05) is 11.9 Å². The van der Waals surface area contributed by atoms with Crippen molar-refractivity contribution in [1.82, 2.24) is 0 Å². The van der Waals surface area contributed by atoms with Crippen LogP contribution in [0.15, 0.2) is 18.2 Å². The molecule has 1 fully saturated rings. The molecule has 1 amide bonds. The van der Waals surface area contributed by atoms with Crippen LogP contribution in [0.3, 0.4) is 0 Å². The molecule has 17 heavy (non-hydrogen) atoms. The van der Waals surface area contributed by atoms with Gasteiger partial charge in [0.15, 0.2) is 0 Å². The average Bonchev–Trinajstić information content (AvgIpc) is 2.80. The number of hydrogen-bond acceptors (Lipinski definition) is 2. The summed E-state index contributed by atoms with van der Waals surface area (Å²) in [6.07, 6.45) is 5.41. The van der Waals surface area contributed by atoms with E-state index >= 15 is 0 Å². The first kappa shape index (κ1) is 12.0. The summed E-state index contributed by atoms with van der Waals surface area (Å²) < 4.78 is 0. The Balaban J connectivity index is 1.98. The Bertz CT molecular complexity index is 409. The number of rotatable bonds is 4. The maximum Gasteiger partial charge on any atom is 0.248 e. The summed E-state index contributed by atoms with van der Waals surface area (Å²) in [6, 6.07) is 5.58. The Kier molecular flexibility index (Phi) is 3.67. The Morgan fingerprint density at radius 3 is 2.71 bits per heavy atom. The van der Waals surface area contributed by atoms with Gasteiger partial charge in [-0.2, -0.15) is 0 Å². The number of anilines is 1. The van der Waals surface area contributed by atoms with E-state index < -0.39 is 0 Å². The van der Waals surface area contributed by atoms with Gasteiger partial charge in [0, 0.05) is 17.8 Å². The third-order valence-electron chi connectivity index (χ3n) is 3.57. The number of carbonyl (C=O) groups excluding carboxylic acids is 1. The summed E-state index contributed by atoms with van der Waals surface area (Å²) in [6.45, 7) is 3.04. The Morgan fingerprint density at radius 2 is 2.12 bits per heavy atom. The molecule has 0 saturated heterocycles. The molecule has 3 heteroatoms. The lowest BCUT2D eigenvalue weighted by Gasteiger charge is -2.14. The van der Waals surface area contributed by atoms with Gasteiger partial charge in [-0.05, 0) is 49.4 Å². The van der Waals surface area contributed by atoms with Crippen LogP contribution < -0.4 is 11.1 Å². The van der Waals surface area contributed by atoms with E-state index in [1.165, 1.54) is 25.7 Å². The largest absolute Gasteiger partial charge is 0.385 e. The van der Waals surface area contributed by atoms with E-state index in [2.05, 4.69) is 5.32 Å². The number of carbonyl (C=O) groups is 1. The minimum absolute atomic E-state index is 0.365. The van der Waals surface area contributed by atoms with Crippen molar-refractivity contribution in [2.45, 2.75) is 32.6 Å². The highest BCUT2D eigenvalue weighted by Crippen LogP contribution is 2.25. The topological polar surface area (TPSA) is 55.1 Å². The van der Waals surface area contributed by atoms with Gasteiger partial charge in [0.2, 0.25) is 5.91 Å². The van der Waals surface area contributed by atoms with E-state index in [-0.39, 0.29) is 5.91 Å². The summed E-state index contributed by atoms with van der Waals surface area (Å²) in [5.41, 5.74) is 8.02. The minimum Gasteiger partial charge on any atom is -0.385 e. The number of benzene rings is 1. The van der Waals surface area contributed by atoms with Crippen LogP contribution in [0.5, 0.6) is 0 Å². The Hall–Kier alpha value is -1.51. The van der Waals surface area contributed by atoms with E-state index in [0.717, 1.165) is 23.7 Å². The maximum atomic E-state index is 11.0. The first-order valence-electron chi connectivity index (χ1n) is 6.31. The van der Waals surface area contributed by atoms with E-state index in [0.29, 0.717) is 5.56 Å². The third kappa shape index (κ3) is 2.99. The average molecular weight is 232 g/mol. The molecule has 3 N–H and O–H groups in total. The van der Waals surface area contributed by atoms with Gasteiger partial charge in [-0.25, -0.2) is 0 Å². The number of primary amides is 1. The van der Waals surface area contributed by atoms with Gasteiger partial charge in [-0.15, -0.1) is 0 Å². The highest BCUT2D eigenvalue weighted by atomic mass is 16.1. The molecule has 0 radical (unpaired) electrons. The number of amides is 1. The lowest BCUT2D eigenvalue weighted by molar-refractivity contribution is 0.1000. The predicted molar refractivity (Wildman–Crippen MR) is 70.1 cm³/mol. The first-order chi connectivity index (χ1) is 8.16. The smallest absolute Gasteiger partial charge is 0.248 e. The van der Waals surface area contributed by atoms with Crippen LogP contribution in [0.1, 0.15) is 41.6 Å². The van der Waals surface area contributed by atoms with Crippen molar-refractivity contribution in [3.63, 3.8) is 0 Å².